The minimum absolute atomic E-state index is 0.209. The summed E-state index contributed by atoms with van der Waals surface area (Å²) in [4.78, 5) is 0.209. The van der Waals surface area contributed by atoms with E-state index in [1.165, 1.54) is 6.07 Å². The Labute approximate surface area is 129 Å². The summed E-state index contributed by atoms with van der Waals surface area (Å²) in [5.74, 6) is -1.77. The Balaban J connectivity index is 2.02. The van der Waals surface area contributed by atoms with Crippen molar-refractivity contribution in [1.29, 1.82) is 0 Å². The zero-order valence-electron chi connectivity index (χ0n) is 10.6. The minimum atomic E-state index is -3.43. The third-order valence-electron chi connectivity index (χ3n) is 3.34. The van der Waals surface area contributed by atoms with Crippen LogP contribution < -0.4 is 5.32 Å². The van der Waals surface area contributed by atoms with Gasteiger partial charge in [0.15, 0.2) is 9.84 Å². The van der Waals surface area contributed by atoms with Crippen LogP contribution in [0.15, 0.2) is 45.8 Å². The van der Waals surface area contributed by atoms with E-state index in [9.17, 15) is 17.2 Å². The molecule has 0 aliphatic carbocycles. The maximum Gasteiger partial charge on any atom is 0.181 e. The Hall–Kier alpha value is -1.47. The van der Waals surface area contributed by atoms with Gasteiger partial charge in [-0.15, -0.1) is 0 Å². The predicted molar refractivity (Wildman–Crippen MR) is 78.9 cm³/mol. The topological polar surface area (TPSA) is 46.2 Å². The molecule has 3 nitrogen and oxygen atoms in total. The van der Waals surface area contributed by atoms with Gasteiger partial charge < -0.3 is 5.32 Å². The van der Waals surface area contributed by atoms with Crippen LogP contribution in [0.2, 0.25) is 0 Å². The SMILES string of the molecule is O=S1(=O)CC(Nc2c(F)cc(Br)cc2F)c2ccccc21. The highest BCUT2D eigenvalue weighted by Gasteiger charge is 2.35. The lowest BCUT2D eigenvalue weighted by Gasteiger charge is -2.15. The number of hydrogen-bond acceptors (Lipinski definition) is 3. The normalized spacial score (nSPS) is 19.3. The van der Waals surface area contributed by atoms with Crippen LogP contribution in [-0.4, -0.2) is 14.2 Å². The van der Waals surface area contributed by atoms with Crippen molar-refractivity contribution in [2.75, 3.05) is 11.1 Å². The Morgan fingerprint density at radius 3 is 2.43 bits per heavy atom. The molecule has 0 saturated carbocycles. The molecule has 0 amide bonds. The number of benzene rings is 2. The number of rotatable bonds is 2. The van der Waals surface area contributed by atoms with Crippen LogP contribution in [0.4, 0.5) is 14.5 Å². The van der Waals surface area contributed by atoms with E-state index in [1.807, 2.05) is 0 Å². The number of hydrogen-bond donors (Lipinski definition) is 1. The van der Waals surface area contributed by atoms with Crippen molar-refractivity contribution in [3.63, 3.8) is 0 Å². The average Bonchev–Trinajstić information content (AvgIpc) is 2.66. The van der Waals surface area contributed by atoms with E-state index in [1.54, 1.807) is 18.2 Å². The number of sulfone groups is 1. The van der Waals surface area contributed by atoms with Gasteiger partial charge in [-0.3, -0.25) is 0 Å². The first kappa shape index (κ1) is 14.5. The Morgan fingerprint density at radius 1 is 1.14 bits per heavy atom. The zero-order chi connectivity index (χ0) is 15.2. The summed E-state index contributed by atoms with van der Waals surface area (Å²) in [5, 5.41) is 2.67. The summed E-state index contributed by atoms with van der Waals surface area (Å²) in [5.41, 5.74) is 0.203. The highest BCUT2D eigenvalue weighted by molar-refractivity contribution is 9.10. The number of anilines is 1. The lowest BCUT2D eigenvalue weighted by Crippen LogP contribution is -2.15. The molecule has 1 heterocycles. The zero-order valence-corrected chi connectivity index (χ0v) is 13.0. The van der Waals surface area contributed by atoms with Gasteiger partial charge in [0, 0.05) is 4.47 Å². The van der Waals surface area contributed by atoms with Gasteiger partial charge in [-0.2, -0.15) is 0 Å². The van der Waals surface area contributed by atoms with Crippen LogP contribution in [-0.2, 0) is 9.84 Å². The molecule has 0 fully saturated rings. The Morgan fingerprint density at radius 2 is 1.76 bits per heavy atom. The quantitative estimate of drug-likeness (QED) is 0.873. The van der Waals surface area contributed by atoms with Gasteiger partial charge in [-0.25, -0.2) is 17.2 Å². The second-order valence-corrected chi connectivity index (χ2v) is 7.68. The van der Waals surface area contributed by atoms with Gasteiger partial charge in [-0.05, 0) is 23.8 Å². The first-order chi connectivity index (χ1) is 9.88. The van der Waals surface area contributed by atoms with Crippen LogP contribution in [0, 0.1) is 11.6 Å². The lowest BCUT2D eigenvalue weighted by atomic mass is 10.1. The number of halogens is 3. The van der Waals surface area contributed by atoms with Crippen molar-refractivity contribution in [1.82, 2.24) is 0 Å². The maximum atomic E-state index is 13.9. The molecule has 1 unspecified atom stereocenters. The molecule has 7 heteroatoms. The molecule has 0 radical (unpaired) electrons. The largest absolute Gasteiger partial charge is 0.372 e. The molecule has 110 valence electrons. The van der Waals surface area contributed by atoms with E-state index in [2.05, 4.69) is 21.2 Å². The van der Waals surface area contributed by atoms with Gasteiger partial charge in [0.2, 0.25) is 0 Å². The van der Waals surface area contributed by atoms with Crippen molar-refractivity contribution < 1.29 is 17.2 Å². The fourth-order valence-corrected chi connectivity index (χ4v) is 4.56. The summed E-state index contributed by atoms with van der Waals surface area (Å²) in [6.07, 6.45) is 0. The molecule has 1 N–H and O–H groups in total. The van der Waals surface area contributed by atoms with Crippen molar-refractivity contribution in [2.24, 2.45) is 0 Å². The van der Waals surface area contributed by atoms with E-state index in [4.69, 9.17) is 0 Å². The predicted octanol–water partition coefficient (Wildman–Crippen LogP) is 3.67. The first-order valence-corrected chi connectivity index (χ1v) is 8.56. The molecule has 1 aliphatic heterocycles. The maximum absolute atomic E-state index is 13.9. The van der Waals surface area contributed by atoms with Gasteiger partial charge >= 0.3 is 0 Å². The molecule has 0 bridgehead atoms. The monoisotopic (exact) mass is 373 g/mol. The third kappa shape index (κ3) is 2.55. The van der Waals surface area contributed by atoms with Crippen molar-refractivity contribution in [3.8, 4) is 0 Å². The van der Waals surface area contributed by atoms with Crippen LogP contribution in [0.1, 0.15) is 11.6 Å². The van der Waals surface area contributed by atoms with E-state index in [-0.39, 0.29) is 20.8 Å². The van der Waals surface area contributed by atoms with Crippen molar-refractivity contribution in [3.05, 3.63) is 58.1 Å². The number of nitrogens with one attached hydrogen (secondary N) is 1. The fourth-order valence-electron chi connectivity index (χ4n) is 2.42. The summed E-state index contributed by atoms with van der Waals surface area (Å²) >= 11 is 3.00. The summed E-state index contributed by atoms with van der Waals surface area (Å²) in [6, 6.07) is 8.05. The van der Waals surface area contributed by atoms with Gasteiger partial charge in [-0.1, -0.05) is 34.1 Å². The lowest BCUT2D eigenvalue weighted by molar-refractivity contribution is 0.581. The molecular formula is C14H10BrF2NO2S. The van der Waals surface area contributed by atoms with Gasteiger partial charge in [0.25, 0.3) is 0 Å². The highest BCUT2D eigenvalue weighted by Crippen LogP contribution is 2.36. The number of fused-ring (bicyclic) bond motifs is 1. The summed E-state index contributed by atoms with van der Waals surface area (Å²) < 4.78 is 52.1. The Kier molecular flexibility index (Phi) is 3.49. The molecule has 1 aliphatic rings. The molecule has 21 heavy (non-hydrogen) atoms. The van der Waals surface area contributed by atoms with Crippen LogP contribution in [0.3, 0.4) is 0 Å². The molecule has 2 aromatic rings. The van der Waals surface area contributed by atoms with E-state index in [0.717, 1.165) is 12.1 Å². The first-order valence-electron chi connectivity index (χ1n) is 6.11. The van der Waals surface area contributed by atoms with Crippen LogP contribution in [0.5, 0.6) is 0 Å². The van der Waals surface area contributed by atoms with Crippen LogP contribution >= 0.6 is 15.9 Å². The van der Waals surface area contributed by atoms with Crippen molar-refractivity contribution >= 4 is 31.5 Å². The van der Waals surface area contributed by atoms with E-state index in [0.29, 0.717) is 5.56 Å². The highest BCUT2D eigenvalue weighted by atomic mass is 79.9. The molecule has 3 rings (SSSR count). The molecular weight excluding hydrogens is 364 g/mol. The van der Waals surface area contributed by atoms with E-state index < -0.39 is 27.5 Å². The minimum Gasteiger partial charge on any atom is -0.372 e. The van der Waals surface area contributed by atoms with Crippen LogP contribution in [0.25, 0.3) is 0 Å². The van der Waals surface area contributed by atoms with E-state index >= 15 is 0 Å². The molecule has 0 saturated heterocycles. The summed E-state index contributed by atoms with van der Waals surface area (Å²) in [7, 11) is -3.43. The molecule has 0 spiro atoms. The Bertz CT molecular complexity index is 800. The smallest absolute Gasteiger partial charge is 0.181 e. The van der Waals surface area contributed by atoms with Gasteiger partial charge in [0.05, 0.1) is 16.7 Å². The second-order valence-electron chi connectivity index (χ2n) is 4.76. The molecule has 0 aromatic heterocycles. The van der Waals surface area contributed by atoms with Crippen molar-refractivity contribution in [2.45, 2.75) is 10.9 Å². The summed E-state index contributed by atoms with van der Waals surface area (Å²) in [6.45, 7) is 0. The third-order valence-corrected chi connectivity index (χ3v) is 5.61. The molecule has 2 aromatic carbocycles. The molecule has 1 atom stereocenters. The fraction of sp³-hybridized carbons (Fsp3) is 0.143. The average molecular weight is 374 g/mol. The van der Waals surface area contributed by atoms with Gasteiger partial charge in [0.1, 0.15) is 17.3 Å². The standard InChI is InChI=1S/C14H10BrF2NO2S/c15-8-5-10(16)14(11(17)6-8)18-12-7-21(19,20)13-4-2-1-3-9(12)13/h1-6,12,18H,7H2. The second kappa shape index (κ2) is 5.06.